The van der Waals surface area contributed by atoms with Crippen LogP contribution in [-0.2, 0) is 23.6 Å². The zero-order valence-corrected chi connectivity index (χ0v) is 18.9. The molecule has 0 spiro atoms. The molecule has 4 nitrogen and oxygen atoms in total. The van der Waals surface area contributed by atoms with E-state index in [0.29, 0.717) is 23.5 Å². The van der Waals surface area contributed by atoms with Crippen molar-refractivity contribution in [3.8, 4) is 22.8 Å². The third kappa shape index (κ3) is 7.02. The molecule has 33 heavy (non-hydrogen) atoms. The van der Waals surface area contributed by atoms with Gasteiger partial charge >= 0.3 is 6.18 Å². The van der Waals surface area contributed by atoms with E-state index in [1.54, 1.807) is 12.1 Å². The summed E-state index contributed by atoms with van der Waals surface area (Å²) >= 11 is 0. The number of rotatable bonds is 9. The van der Waals surface area contributed by atoms with Crippen molar-refractivity contribution in [2.75, 3.05) is 18.6 Å². The Kier molecular flexibility index (Phi) is 8.07. The summed E-state index contributed by atoms with van der Waals surface area (Å²) in [4.78, 5) is 3.85. The normalized spacial score (nSPS) is 12.4. The van der Waals surface area contributed by atoms with Crippen LogP contribution in [0.2, 0.25) is 0 Å². The highest BCUT2D eigenvalue weighted by molar-refractivity contribution is 7.84. The molecule has 1 aromatic heterocycles. The number of ether oxygens (including phenoxy) is 2. The molecule has 1 atom stereocenters. The molecule has 0 aliphatic carbocycles. The second-order valence-electron chi connectivity index (χ2n) is 7.47. The van der Waals surface area contributed by atoms with Crippen LogP contribution in [0.15, 0.2) is 54.7 Å². The maximum atomic E-state index is 14.3. The van der Waals surface area contributed by atoms with Crippen molar-refractivity contribution in [2.45, 2.75) is 26.1 Å². The summed E-state index contributed by atoms with van der Waals surface area (Å²) in [5.41, 5.74) is 0.694. The Balaban J connectivity index is 1.83. The van der Waals surface area contributed by atoms with Gasteiger partial charge in [0.15, 0.2) is 0 Å². The van der Waals surface area contributed by atoms with Crippen molar-refractivity contribution in [3.05, 3.63) is 77.2 Å². The number of hydrogen-bond donors (Lipinski definition) is 0. The zero-order valence-electron chi connectivity index (χ0n) is 18.1. The topological polar surface area (TPSA) is 48.4 Å². The van der Waals surface area contributed by atoms with Crippen LogP contribution in [0.5, 0.6) is 11.6 Å². The van der Waals surface area contributed by atoms with E-state index < -0.39 is 34.2 Å². The second-order valence-corrected chi connectivity index (χ2v) is 9.02. The summed E-state index contributed by atoms with van der Waals surface area (Å²) in [7, 11) is -1.06. The van der Waals surface area contributed by atoms with Gasteiger partial charge in [0.1, 0.15) is 23.7 Å². The van der Waals surface area contributed by atoms with E-state index in [9.17, 15) is 21.8 Å². The van der Waals surface area contributed by atoms with Gasteiger partial charge in [0.2, 0.25) is 5.88 Å². The Bertz CT molecular complexity index is 1130. The molecule has 176 valence electrons. The van der Waals surface area contributed by atoms with Gasteiger partial charge in [0, 0.05) is 40.1 Å². The number of aryl methyl sites for hydroxylation is 1. The van der Waals surface area contributed by atoms with Crippen LogP contribution in [0.3, 0.4) is 0 Å². The fourth-order valence-corrected chi connectivity index (χ4v) is 3.61. The molecule has 3 aromatic rings. The van der Waals surface area contributed by atoms with Crippen molar-refractivity contribution < 1.29 is 31.2 Å². The van der Waals surface area contributed by atoms with Crippen LogP contribution in [-0.4, -0.2) is 27.8 Å². The lowest BCUT2D eigenvalue weighted by Gasteiger charge is -2.15. The first kappa shape index (κ1) is 24.7. The van der Waals surface area contributed by atoms with E-state index in [2.05, 4.69) is 4.98 Å². The summed E-state index contributed by atoms with van der Waals surface area (Å²) in [5.74, 6) is -0.182. The van der Waals surface area contributed by atoms with Gasteiger partial charge < -0.3 is 9.47 Å². The van der Waals surface area contributed by atoms with Crippen LogP contribution in [0.25, 0.3) is 11.1 Å². The van der Waals surface area contributed by atoms with Crippen LogP contribution >= 0.6 is 0 Å². The molecule has 0 radical (unpaired) electrons. The van der Waals surface area contributed by atoms with Gasteiger partial charge in [-0.25, -0.2) is 9.37 Å². The van der Waals surface area contributed by atoms with Crippen LogP contribution in [0, 0.1) is 12.7 Å². The van der Waals surface area contributed by atoms with E-state index in [4.69, 9.17) is 9.47 Å². The minimum atomic E-state index is -4.69. The molecule has 9 heteroatoms. The predicted octanol–water partition coefficient (Wildman–Crippen LogP) is 5.94. The summed E-state index contributed by atoms with van der Waals surface area (Å²) in [6, 6.07) is 12.2. The van der Waals surface area contributed by atoms with Crippen LogP contribution < -0.4 is 9.47 Å². The Morgan fingerprint density at radius 1 is 1.03 bits per heavy atom. The van der Waals surface area contributed by atoms with E-state index >= 15 is 0 Å². The first-order valence-electron chi connectivity index (χ1n) is 10.1. The van der Waals surface area contributed by atoms with E-state index in [0.717, 1.165) is 11.6 Å². The molecule has 0 aliphatic heterocycles. The second kappa shape index (κ2) is 10.8. The third-order valence-electron chi connectivity index (χ3n) is 4.73. The Morgan fingerprint density at radius 2 is 1.82 bits per heavy atom. The highest BCUT2D eigenvalue weighted by Gasteiger charge is 2.36. The number of halogens is 4. The molecular weight excluding hydrogens is 458 g/mol. The highest BCUT2D eigenvalue weighted by Crippen LogP contribution is 2.37. The Morgan fingerprint density at radius 3 is 2.52 bits per heavy atom. The van der Waals surface area contributed by atoms with Crippen molar-refractivity contribution in [3.63, 3.8) is 0 Å². The standard InChI is InChI=1S/C24H23F4NO3S/c1-16-5-3-6-20(11-16)32-15-19-12-17(7-8-22(19)25)18-13-21(24(26,27)28)23(29-14-18)31-9-4-10-33(2)30/h3,5-8,11-14H,4,9-10,15H2,1-2H3. The van der Waals surface area contributed by atoms with Gasteiger partial charge in [0.25, 0.3) is 0 Å². The summed E-state index contributed by atoms with van der Waals surface area (Å²) in [5, 5.41) is 0. The molecule has 0 saturated carbocycles. The van der Waals surface area contributed by atoms with E-state index in [1.165, 1.54) is 30.7 Å². The molecule has 0 bridgehead atoms. The lowest BCUT2D eigenvalue weighted by molar-refractivity contribution is -0.139. The molecule has 0 N–H and O–H groups in total. The van der Waals surface area contributed by atoms with Crippen molar-refractivity contribution in [1.82, 2.24) is 4.98 Å². The molecule has 3 rings (SSSR count). The molecule has 2 aromatic carbocycles. The number of hydrogen-bond acceptors (Lipinski definition) is 4. The number of pyridine rings is 1. The quantitative estimate of drug-likeness (QED) is 0.280. The lowest BCUT2D eigenvalue weighted by Crippen LogP contribution is -2.12. The Labute approximate surface area is 192 Å². The average molecular weight is 482 g/mol. The van der Waals surface area contributed by atoms with Crippen molar-refractivity contribution in [1.29, 1.82) is 0 Å². The lowest BCUT2D eigenvalue weighted by atomic mass is 10.0. The van der Waals surface area contributed by atoms with Crippen molar-refractivity contribution >= 4 is 10.8 Å². The molecule has 0 saturated heterocycles. The first-order valence-corrected chi connectivity index (χ1v) is 11.8. The molecule has 1 heterocycles. The number of aromatic nitrogens is 1. The molecular formula is C24H23F4NO3S. The SMILES string of the molecule is Cc1cccc(OCc2cc(-c3cnc(OCCCS(C)=O)c(C(F)(F)F)c3)ccc2F)c1. The van der Waals surface area contributed by atoms with E-state index in [1.807, 2.05) is 19.1 Å². The maximum absolute atomic E-state index is 14.3. The third-order valence-corrected chi connectivity index (χ3v) is 5.60. The van der Waals surface area contributed by atoms with Crippen molar-refractivity contribution in [2.24, 2.45) is 0 Å². The van der Waals surface area contributed by atoms with Gasteiger partial charge in [-0.05, 0) is 54.8 Å². The number of alkyl halides is 3. The first-order chi connectivity index (χ1) is 15.6. The minimum absolute atomic E-state index is 0.0357. The number of benzene rings is 2. The summed E-state index contributed by atoms with van der Waals surface area (Å²) in [6.45, 7) is 1.78. The highest BCUT2D eigenvalue weighted by atomic mass is 32.2. The predicted molar refractivity (Wildman–Crippen MR) is 119 cm³/mol. The average Bonchev–Trinajstić information content (AvgIpc) is 2.75. The van der Waals surface area contributed by atoms with Gasteiger partial charge in [-0.15, -0.1) is 0 Å². The van der Waals surface area contributed by atoms with Crippen LogP contribution in [0.4, 0.5) is 17.6 Å². The van der Waals surface area contributed by atoms with Gasteiger partial charge in [-0.2, -0.15) is 13.2 Å². The molecule has 0 amide bonds. The fourth-order valence-electron chi connectivity index (χ4n) is 3.09. The smallest absolute Gasteiger partial charge is 0.421 e. The largest absolute Gasteiger partial charge is 0.489 e. The number of nitrogens with zero attached hydrogens (tertiary/aromatic N) is 1. The van der Waals surface area contributed by atoms with Gasteiger partial charge in [-0.1, -0.05) is 18.2 Å². The zero-order chi connectivity index (χ0) is 24.0. The van der Waals surface area contributed by atoms with Gasteiger partial charge in [-0.3, -0.25) is 4.21 Å². The van der Waals surface area contributed by atoms with E-state index in [-0.39, 0.29) is 24.3 Å². The fraction of sp³-hybridized carbons (Fsp3) is 0.292. The monoisotopic (exact) mass is 481 g/mol. The summed E-state index contributed by atoms with van der Waals surface area (Å²) < 4.78 is 77.1. The van der Waals surface area contributed by atoms with Gasteiger partial charge in [0.05, 0.1) is 6.61 Å². The maximum Gasteiger partial charge on any atom is 0.421 e. The Hall–Kier alpha value is -2.94. The molecule has 0 aliphatic rings. The van der Waals surface area contributed by atoms with Crippen LogP contribution in [0.1, 0.15) is 23.1 Å². The molecule has 0 fully saturated rings. The molecule has 1 unspecified atom stereocenters. The minimum Gasteiger partial charge on any atom is -0.489 e. The summed E-state index contributed by atoms with van der Waals surface area (Å²) in [6.07, 6.45) is -1.59.